The highest BCUT2D eigenvalue weighted by Crippen LogP contribution is 2.27. The maximum atomic E-state index is 12.3. The largest absolute Gasteiger partial charge is 0.346 e. The highest BCUT2D eigenvalue weighted by Gasteiger charge is 2.27. The van der Waals surface area contributed by atoms with Crippen LogP contribution in [0.4, 0.5) is 0 Å². The third-order valence-electron chi connectivity index (χ3n) is 4.15. The molecule has 112 valence electrons. The molecule has 0 spiro atoms. The SMILES string of the molecule is CCC1CCCCC1NC(=O)c1n[nH]c(C(C)(C)C)n1. The first-order valence-electron chi connectivity index (χ1n) is 7.65. The molecule has 1 saturated carbocycles. The minimum atomic E-state index is -0.151. The van der Waals surface area contributed by atoms with Crippen molar-refractivity contribution in [3.8, 4) is 0 Å². The molecule has 1 heterocycles. The van der Waals surface area contributed by atoms with Crippen LogP contribution >= 0.6 is 0 Å². The summed E-state index contributed by atoms with van der Waals surface area (Å²) in [5.74, 6) is 1.45. The van der Waals surface area contributed by atoms with Crippen LogP contribution in [-0.4, -0.2) is 27.1 Å². The summed E-state index contributed by atoms with van der Waals surface area (Å²) in [5.41, 5.74) is -0.123. The van der Waals surface area contributed by atoms with Crippen LogP contribution in [0.5, 0.6) is 0 Å². The van der Waals surface area contributed by atoms with Crippen molar-refractivity contribution in [2.75, 3.05) is 0 Å². The summed E-state index contributed by atoms with van der Waals surface area (Å²) >= 11 is 0. The summed E-state index contributed by atoms with van der Waals surface area (Å²) in [6.45, 7) is 8.33. The van der Waals surface area contributed by atoms with Crippen LogP contribution in [0.25, 0.3) is 0 Å². The molecule has 0 radical (unpaired) electrons. The summed E-state index contributed by atoms with van der Waals surface area (Å²) in [6.07, 6.45) is 5.87. The Hall–Kier alpha value is -1.39. The Morgan fingerprint density at radius 2 is 2.05 bits per heavy atom. The van der Waals surface area contributed by atoms with E-state index in [-0.39, 0.29) is 23.2 Å². The number of nitrogens with zero attached hydrogens (tertiary/aromatic N) is 2. The molecule has 0 aliphatic heterocycles. The van der Waals surface area contributed by atoms with Gasteiger partial charge in [-0.1, -0.05) is 47.0 Å². The van der Waals surface area contributed by atoms with E-state index >= 15 is 0 Å². The first-order valence-corrected chi connectivity index (χ1v) is 7.65. The van der Waals surface area contributed by atoms with Crippen LogP contribution < -0.4 is 5.32 Å². The zero-order valence-corrected chi connectivity index (χ0v) is 13.0. The molecule has 1 aliphatic carbocycles. The van der Waals surface area contributed by atoms with Gasteiger partial charge in [0.1, 0.15) is 5.82 Å². The molecule has 0 bridgehead atoms. The van der Waals surface area contributed by atoms with Crippen molar-refractivity contribution < 1.29 is 4.79 Å². The number of aromatic nitrogens is 3. The van der Waals surface area contributed by atoms with E-state index < -0.39 is 0 Å². The van der Waals surface area contributed by atoms with Gasteiger partial charge in [0.05, 0.1) is 0 Å². The summed E-state index contributed by atoms with van der Waals surface area (Å²) < 4.78 is 0. The number of aromatic amines is 1. The third kappa shape index (κ3) is 3.38. The van der Waals surface area contributed by atoms with Gasteiger partial charge in [-0.05, 0) is 18.8 Å². The second-order valence-corrected chi connectivity index (χ2v) is 6.79. The van der Waals surface area contributed by atoms with E-state index in [0.29, 0.717) is 5.92 Å². The molecule has 2 atom stereocenters. The molecule has 1 amide bonds. The zero-order valence-electron chi connectivity index (χ0n) is 13.0. The van der Waals surface area contributed by atoms with Crippen LogP contribution in [0.3, 0.4) is 0 Å². The van der Waals surface area contributed by atoms with Gasteiger partial charge in [0.25, 0.3) is 5.91 Å². The minimum absolute atomic E-state index is 0.123. The first kappa shape index (κ1) is 15.0. The molecule has 1 aromatic rings. The number of H-pyrrole nitrogens is 1. The van der Waals surface area contributed by atoms with Crippen molar-refractivity contribution in [3.05, 3.63) is 11.6 Å². The smallest absolute Gasteiger partial charge is 0.291 e. The third-order valence-corrected chi connectivity index (χ3v) is 4.15. The van der Waals surface area contributed by atoms with E-state index in [2.05, 4.69) is 27.4 Å². The number of amides is 1. The normalized spacial score (nSPS) is 23.6. The van der Waals surface area contributed by atoms with Crippen LogP contribution in [0, 0.1) is 5.92 Å². The van der Waals surface area contributed by atoms with Gasteiger partial charge < -0.3 is 5.32 Å². The summed E-state index contributed by atoms with van der Waals surface area (Å²) in [7, 11) is 0. The van der Waals surface area contributed by atoms with Gasteiger partial charge in [-0.3, -0.25) is 9.89 Å². The topological polar surface area (TPSA) is 70.7 Å². The van der Waals surface area contributed by atoms with Crippen molar-refractivity contribution >= 4 is 5.91 Å². The molecule has 2 unspecified atom stereocenters. The van der Waals surface area contributed by atoms with E-state index in [4.69, 9.17) is 0 Å². The van der Waals surface area contributed by atoms with Crippen molar-refractivity contribution in [2.45, 2.75) is 71.3 Å². The maximum Gasteiger partial charge on any atom is 0.291 e. The first-order chi connectivity index (χ1) is 9.41. The fourth-order valence-corrected chi connectivity index (χ4v) is 2.82. The van der Waals surface area contributed by atoms with Gasteiger partial charge >= 0.3 is 0 Å². The Morgan fingerprint density at radius 3 is 2.65 bits per heavy atom. The number of hydrogen-bond donors (Lipinski definition) is 2. The monoisotopic (exact) mass is 278 g/mol. The molecule has 1 fully saturated rings. The molecule has 5 heteroatoms. The average molecular weight is 278 g/mol. The van der Waals surface area contributed by atoms with Gasteiger partial charge in [-0.25, -0.2) is 4.98 Å². The van der Waals surface area contributed by atoms with Gasteiger partial charge in [0.15, 0.2) is 0 Å². The minimum Gasteiger partial charge on any atom is -0.346 e. The van der Waals surface area contributed by atoms with E-state index in [1.54, 1.807) is 0 Å². The van der Waals surface area contributed by atoms with Crippen molar-refractivity contribution in [1.82, 2.24) is 20.5 Å². The fraction of sp³-hybridized carbons (Fsp3) is 0.800. The number of carbonyl (C=O) groups excluding carboxylic acids is 1. The second kappa shape index (κ2) is 5.94. The molecule has 0 aromatic carbocycles. The molecule has 2 N–H and O–H groups in total. The lowest BCUT2D eigenvalue weighted by Crippen LogP contribution is -2.42. The fourth-order valence-electron chi connectivity index (χ4n) is 2.82. The Kier molecular flexibility index (Phi) is 4.45. The van der Waals surface area contributed by atoms with Crippen molar-refractivity contribution in [3.63, 3.8) is 0 Å². The predicted molar refractivity (Wildman–Crippen MR) is 78.6 cm³/mol. The van der Waals surface area contributed by atoms with E-state index in [0.717, 1.165) is 18.7 Å². The van der Waals surface area contributed by atoms with Crippen molar-refractivity contribution in [2.24, 2.45) is 5.92 Å². The molecule has 1 aliphatic rings. The summed E-state index contributed by atoms with van der Waals surface area (Å²) in [4.78, 5) is 16.6. The van der Waals surface area contributed by atoms with Crippen LogP contribution in [-0.2, 0) is 5.41 Å². The van der Waals surface area contributed by atoms with E-state index in [1.807, 2.05) is 20.8 Å². The van der Waals surface area contributed by atoms with E-state index in [9.17, 15) is 4.79 Å². The second-order valence-electron chi connectivity index (χ2n) is 6.79. The Bertz CT molecular complexity index is 461. The quantitative estimate of drug-likeness (QED) is 0.893. The molecule has 2 rings (SSSR count). The van der Waals surface area contributed by atoms with Crippen LogP contribution in [0.2, 0.25) is 0 Å². The number of nitrogens with one attached hydrogen (secondary N) is 2. The lowest BCUT2D eigenvalue weighted by atomic mass is 9.83. The Labute approximate surface area is 120 Å². The maximum absolute atomic E-state index is 12.3. The molecule has 0 saturated heterocycles. The molecule has 1 aromatic heterocycles. The van der Waals surface area contributed by atoms with E-state index in [1.165, 1.54) is 19.3 Å². The molecule has 20 heavy (non-hydrogen) atoms. The molecular formula is C15H26N4O. The predicted octanol–water partition coefficient (Wildman–Crippen LogP) is 2.80. The Morgan fingerprint density at radius 1 is 1.35 bits per heavy atom. The number of carbonyl (C=O) groups is 1. The zero-order chi connectivity index (χ0) is 14.8. The lowest BCUT2D eigenvalue weighted by molar-refractivity contribution is 0.0894. The van der Waals surface area contributed by atoms with Gasteiger partial charge in [0.2, 0.25) is 5.82 Å². The highest BCUT2D eigenvalue weighted by molar-refractivity contribution is 5.90. The lowest BCUT2D eigenvalue weighted by Gasteiger charge is -2.31. The van der Waals surface area contributed by atoms with Gasteiger partial charge in [-0.15, -0.1) is 5.10 Å². The van der Waals surface area contributed by atoms with Crippen molar-refractivity contribution in [1.29, 1.82) is 0 Å². The standard InChI is InChI=1S/C15H26N4O/c1-5-10-8-6-7-9-11(10)16-13(20)12-17-14(19-18-12)15(2,3)4/h10-11H,5-9H2,1-4H3,(H,16,20)(H,17,18,19). The Balaban J connectivity index is 2.02. The number of hydrogen-bond acceptors (Lipinski definition) is 3. The van der Waals surface area contributed by atoms with Gasteiger partial charge in [-0.2, -0.15) is 0 Å². The molecular weight excluding hydrogens is 252 g/mol. The van der Waals surface area contributed by atoms with Crippen LogP contribution in [0.15, 0.2) is 0 Å². The highest BCUT2D eigenvalue weighted by atomic mass is 16.2. The average Bonchev–Trinajstić information content (AvgIpc) is 2.89. The number of rotatable bonds is 3. The summed E-state index contributed by atoms with van der Waals surface area (Å²) in [6, 6.07) is 0.276. The molecule has 5 nitrogen and oxygen atoms in total. The van der Waals surface area contributed by atoms with Crippen LogP contribution in [0.1, 0.15) is 76.2 Å². The summed E-state index contributed by atoms with van der Waals surface area (Å²) in [5, 5.41) is 10.0. The van der Waals surface area contributed by atoms with Gasteiger partial charge in [0, 0.05) is 11.5 Å².